The van der Waals surface area contributed by atoms with Gasteiger partial charge in [0.25, 0.3) is 0 Å². The Bertz CT molecular complexity index is 1070. The maximum Gasteiger partial charge on any atom is 0.338 e. The Morgan fingerprint density at radius 3 is 1.93 bits per heavy atom. The van der Waals surface area contributed by atoms with E-state index < -0.39 is 11.9 Å². The maximum absolute atomic E-state index is 12.3. The molecule has 0 N–H and O–H groups in total. The van der Waals surface area contributed by atoms with E-state index in [9.17, 15) is 9.59 Å². The molecule has 0 unspecified atom stereocenters. The summed E-state index contributed by atoms with van der Waals surface area (Å²) in [4.78, 5) is 23.3. The van der Waals surface area contributed by atoms with Gasteiger partial charge in [-0.05, 0) is 46.9 Å². The molecule has 0 bridgehead atoms. The standard InChI is InChI=1S/C26H22O4/c1-3-24(27)29-16-17-30-25(28)18-12-14-19(15-13-18)26(2)22-10-6-4-8-20(22)21-9-5-7-11-23(21)26/h3-15H,1,16-17H2,2H3. The lowest BCUT2D eigenvalue weighted by molar-refractivity contribution is -0.138. The molecular weight excluding hydrogens is 376 g/mol. The van der Waals surface area contributed by atoms with Crippen molar-refractivity contribution in [3.8, 4) is 11.1 Å². The normalized spacial score (nSPS) is 13.1. The summed E-state index contributed by atoms with van der Waals surface area (Å²) >= 11 is 0. The Labute approximate surface area is 175 Å². The van der Waals surface area contributed by atoms with E-state index in [0.717, 1.165) is 11.6 Å². The van der Waals surface area contributed by atoms with Crippen molar-refractivity contribution in [1.29, 1.82) is 0 Å². The van der Waals surface area contributed by atoms with Crippen LogP contribution in [0.25, 0.3) is 11.1 Å². The molecule has 0 radical (unpaired) electrons. The third-order valence-electron chi connectivity index (χ3n) is 5.65. The van der Waals surface area contributed by atoms with Crippen molar-refractivity contribution in [3.63, 3.8) is 0 Å². The van der Waals surface area contributed by atoms with E-state index in [4.69, 9.17) is 9.47 Å². The average Bonchev–Trinajstić information content (AvgIpc) is 3.06. The van der Waals surface area contributed by atoms with Crippen LogP contribution in [0.15, 0.2) is 85.5 Å². The highest BCUT2D eigenvalue weighted by Gasteiger charge is 2.40. The molecule has 0 aromatic heterocycles. The van der Waals surface area contributed by atoms with Crippen molar-refractivity contribution in [2.24, 2.45) is 0 Å². The van der Waals surface area contributed by atoms with Crippen molar-refractivity contribution in [1.82, 2.24) is 0 Å². The number of carbonyl (C=O) groups excluding carboxylic acids is 2. The van der Waals surface area contributed by atoms with Crippen LogP contribution in [-0.4, -0.2) is 25.2 Å². The lowest BCUT2D eigenvalue weighted by atomic mass is 9.74. The maximum atomic E-state index is 12.3. The van der Waals surface area contributed by atoms with Crippen LogP contribution in [0.4, 0.5) is 0 Å². The van der Waals surface area contributed by atoms with E-state index in [1.54, 1.807) is 12.1 Å². The summed E-state index contributed by atoms with van der Waals surface area (Å²) in [5.74, 6) is -0.991. The van der Waals surface area contributed by atoms with Gasteiger partial charge in [-0.1, -0.05) is 67.2 Å². The molecule has 0 amide bonds. The molecule has 0 heterocycles. The summed E-state index contributed by atoms with van der Waals surface area (Å²) in [5, 5.41) is 0. The molecule has 0 saturated carbocycles. The number of fused-ring (bicyclic) bond motifs is 3. The lowest BCUT2D eigenvalue weighted by Crippen LogP contribution is -2.22. The van der Waals surface area contributed by atoms with Gasteiger partial charge in [0.15, 0.2) is 0 Å². The van der Waals surface area contributed by atoms with Gasteiger partial charge in [0.2, 0.25) is 0 Å². The smallest absolute Gasteiger partial charge is 0.338 e. The molecule has 0 spiro atoms. The van der Waals surface area contributed by atoms with E-state index in [1.165, 1.54) is 22.3 Å². The summed E-state index contributed by atoms with van der Waals surface area (Å²) in [6.45, 7) is 5.53. The van der Waals surface area contributed by atoms with Crippen LogP contribution in [0.5, 0.6) is 0 Å². The summed E-state index contributed by atoms with van der Waals surface area (Å²) in [5.41, 5.74) is 6.26. The molecule has 150 valence electrons. The van der Waals surface area contributed by atoms with Gasteiger partial charge in [0.05, 0.1) is 5.56 Å². The zero-order valence-corrected chi connectivity index (χ0v) is 16.8. The van der Waals surface area contributed by atoms with E-state index in [0.29, 0.717) is 5.56 Å². The van der Waals surface area contributed by atoms with Gasteiger partial charge in [0, 0.05) is 11.5 Å². The number of rotatable bonds is 6. The molecule has 0 fully saturated rings. The number of ether oxygens (including phenoxy) is 2. The van der Waals surface area contributed by atoms with Crippen molar-refractivity contribution < 1.29 is 19.1 Å². The fourth-order valence-corrected chi connectivity index (χ4v) is 4.12. The number of hydrogen-bond acceptors (Lipinski definition) is 4. The largest absolute Gasteiger partial charge is 0.459 e. The first-order chi connectivity index (χ1) is 14.6. The van der Waals surface area contributed by atoms with E-state index >= 15 is 0 Å². The number of esters is 2. The molecule has 3 aromatic carbocycles. The fourth-order valence-electron chi connectivity index (χ4n) is 4.12. The molecule has 0 saturated heterocycles. The number of carbonyl (C=O) groups is 2. The molecule has 1 aliphatic carbocycles. The second-order valence-corrected chi connectivity index (χ2v) is 7.30. The third kappa shape index (κ3) is 3.30. The Morgan fingerprint density at radius 1 is 0.833 bits per heavy atom. The first kappa shape index (κ1) is 19.6. The van der Waals surface area contributed by atoms with Crippen LogP contribution in [0.1, 0.15) is 34.0 Å². The molecule has 4 nitrogen and oxygen atoms in total. The van der Waals surface area contributed by atoms with E-state index in [-0.39, 0.29) is 18.6 Å². The molecule has 30 heavy (non-hydrogen) atoms. The minimum absolute atomic E-state index is 0.000314. The van der Waals surface area contributed by atoms with Crippen LogP contribution >= 0.6 is 0 Å². The Kier molecular flexibility index (Phi) is 5.23. The monoisotopic (exact) mass is 398 g/mol. The first-order valence-electron chi connectivity index (χ1n) is 9.82. The highest BCUT2D eigenvalue weighted by molar-refractivity contribution is 5.90. The zero-order valence-electron chi connectivity index (χ0n) is 16.8. The SMILES string of the molecule is C=CC(=O)OCCOC(=O)c1ccc(C2(C)c3ccccc3-c3ccccc32)cc1. The van der Waals surface area contributed by atoms with Crippen molar-refractivity contribution >= 4 is 11.9 Å². The summed E-state index contributed by atoms with van der Waals surface area (Å²) in [6, 6.07) is 24.4. The predicted octanol–water partition coefficient (Wildman–Crippen LogP) is 4.91. The van der Waals surface area contributed by atoms with E-state index in [1.807, 2.05) is 12.1 Å². The first-order valence-corrected chi connectivity index (χ1v) is 9.82. The fraction of sp³-hybridized carbons (Fsp3) is 0.154. The Balaban J connectivity index is 1.56. The van der Waals surface area contributed by atoms with Crippen molar-refractivity contribution in [2.75, 3.05) is 13.2 Å². The average molecular weight is 398 g/mol. The second-order valence-electron chi connectivity index (χ2n) is 7.30. The molecule has 0 aliphatic heterocycles. The van der Waals surface area contributed by atoms with Gasteiger partial charge in [0.1, 0.15) is 13.2 Å². The molecule has 4 rings (SSSR count). The molecular formula is C26H22O4. The quantitative estimate of drug-likeness (QED) is 0.336. The zero-order chi connectivity index (χ0) is 21.1. The summed E-state index contributed by atoms with van der Waals surface area (Å²) < 4.78 is 9.99. The molecule has 4 heteroatoms. The predicted molar refractivity (Wildman–Crippen MR) is 115 cm³/mol. The Morgan fingerprint density at radius 2 is 1.37 bits per heavy atom. The minimum atomic E-state index is -0.541. The topological polar surface area (TPSA) is 52.6 Å². The van der Waals surface area contributed by atoms with Gasteiger partial charge >= 0.3 is 11.9 Å². The van der Waals surface area contributed by atoms with E-state index in [2.05, 4.69) is 62.0 Å². The lowest BCUT2D eigenvalue weighted by Gasteiger charge is -2.28. The van der Waals surface area contributed by atoms with Gasteiger partial charge < -0.3 is 9.47 Å². The Hall–Kier alpha value is -3.66. The van der Waals surface area contributed by atoms with Gasteiger partial charge in [-0.15, -0.1) is 0 Å². The highest BCUT2D eigenvalue weighted by atomic mass is 16.6. The van der Waals surface area contributed by atoms with Crippen molar-refractivity contribution in [3.05, 3.63) is 108 Å². The third-order valence-corrected chi connectivity index (χ3v) is 5.65. The molecule has 3 aromatic rings. The minimum Gasteiger partial charge on any atom is -0.459 e. The molecule has 1 aliphatic rings. The summed E-state index contributed by atoms with van der Waals surface area (Å²) in [7, 11) is 0. The summed E-state index contributed by atoms with van der Waals surface area (Å²) in [6.07, 6.45) is 1.07. The van der Waals surface area contributed by atoms with Gasteiger partial charge in [-0.3, -0.25) is 0 Å². The van der Waals surface area contributed by atoms with Gasteiger partial charge in [-0.25, -0.2) is 9.59 Å². The van der Waals surface area contributed by atoms with Crippen LogP contribution in [0.3, 0.4) is 0 Å². The second kappa shape index (κ2) is 7.99. The van der Waals surface area contributed by atoms with Gasteiger partial charge in [-0.2, -0.15) is 0 Å². The van der Waals surface area contributed by atoms with Crippen LogP contribution in [0, 0.1) is 0 Å². The number of benzene rings is 3. The van der Waals surface area contributed by atoms with Crippen LogP contribution < -0.4 is 0 Å². The highest BCUT2D eigenvalue weighted by Crippen LogP contribution is 2.51. The van der Waals surface area contributed by atoms with Crippen molar-refractivity contribution in [2.45, 2.75) is 12.3 Å². The van der Waals surface area contributed by atoms with Crippen LogP contribution in [0.2, 0.25) is 0 Å². The number of hydrogen-bond donors (Lipinski definition) is 0. The van der Waals surface area contributed by atoms with Crippen LogP contribution in [-0.2, 0) is 19.7 Å². The molecule has 0 atom stereocenters.